The standard InChI is InChI=1S/C22H25N3O5/c26-20(24-10-11-28-17-2-1-9-23-14-17)5-7-22(8-6-21(27)25-22)13-16-3-4-18-19(12-16)30-15-29-18/h1-4,9,12,14H,5-8,10-11,13,15H2,(H,24,26)(H,25,27)/t22-/m0/s1. The lowest BCUT2D eigenvalue weighted by Gasteiger charge is -2.29. The number of benzene rings is 1. The zero-order valence-corrected chi connectivity index (χ0v) is 16.7. The fraction of sp³-hybridized carbons (Fsp3) is 0.409. The molecule has 158 valence electrons. The number of nitrogens with zero attached hydrogens (tertiary/aromatic N) is 1. The van der Waals surface area contributed by atoms with Crippen molar-refractivity contribution in [1.82, 2.24) is 15.6 Å². The molecule has 1 aromatic carbocycles. The van der Waals surface area contributed by atoms with Crippen molar-refractivity contribution in [2.45, 2.75) is 37.6 Å². The van der Waals surface area contributed by atoms with E-state index in [2.05, 4.69) is 15.6 Å². The molecule has 1 saturated heterocycles. The van der Waals surface area contributed by atoms with Gasteiger partial charge in [-0.3, -0.25) is 14.6 Å². The number of fused-ring (bicyclic) bond motifs is 1. The Labute approximate surface area is 174 Å². The van der Waals surface area contributed by atoms with E-state index in [9.17, 15) is 9.59 Å². The van der Waals surface area contributed by atoms with E-state index in [0.29, 0.717) is 51.0 Å². The van der Waals surface area contributed by atoms with Gasteiger partial charge in [0.2, 0.25) is 18.6 Å². The molecule has 0 unspecified atom stereocenters. The number of rotatable bonds is 9. The van der Waals surface area contributed by atoms with Crippen molar-refractivity contribution >= 4 is 11.8 Å². The summed E-state index contributed by atoms with van der Waals surface area (Å²) in [4.78, 5) is 28.2. The van der Waals surface area contributed by atoms with Crippen molar-refractivity contribution in [3.63, 3.8) is 0 Å². The second-order valence-corrected chi connectivity index (χ2v) is 7.58. The molecule has 2 aliphatic rings. The minimum Gasteiger partial charge on any atom is -0.490 e. The minimum atomic E-state index is -0.422. The highest BCUT2D eigenvalue weighted by molar-refractivity contribution is 5.80. The average molecular weight is 411 g/mol. The largest absolute Gasteiger partial charge is 0.490 e. The van der Waals surface area contributed by atoms with Crippen molar-refractivity contribution in [3.05, 3.63) is 48.3 Å². The summed E-state index contributed by atoms with van der Waals surface area (Å²) in [7, 11) is 0. The van der Waals surface area contributed by atoms with Crippen LogP contribution in [-0.2, 0) is 16.0 Å². The van der Waals surface area contributed by atoms with Gasteiger partial charge in [0, 0.05) is 24.6 Å². The van der Waals surface area contributed by atoms with E-state index in [0.717, 1.165) is 17.1 Å². The SMILES string of the molecule is O=C(CC[C@@]1(Cc2ccc3c(c2)OCO3)CCC(=O)N1)NCCOc1cccnc1. The number of nitrogens with one attached hydrogen (secondary N) is 2. The Morgan fingerprint density at radius 2 is 2.17 bits per heavy atom. The van der Waals surface area contributed by atoms with Gasteiger partial charge in [0.25, 0.3) is 0 Å². The predicted molar refractivity (Wildman–Crippen MR) is 108 cm³/mol. The van der Waals surface area contributed by atoms with Gasteiger partial charge >= 0.3 is 0 Å². The molecule has 1 atom stereocenters. The van der Waals surface area contributed by atoms with Crippen molar-refractivity contribution in [2.24, 2.45) is 0 Å². The Bertz CT molecular complexity index is 905. The average Bonchev–Trinajstić information content (AvgIpc) is 3.37. The van der Waals surface area contributed by atoms with Crippen LogP contribution in [-0.4, -0.2) is 42.3 Å². The zero-order chi connectivity index (χ0) is 20.8. The number of hydrogen-bond donors (Lipinski definition) is 2. The summed E-state index contributed by atoms with van der Waals surface area (Å²) < 4.78 is 16.3. The fourth-order valence-corrected chi connectivity index (χ4v) is 3.86. The summed E-state index contributed by atoms with van der Waals surface area (Å²) >= 11 is 0. The molecule has 1 fully saturated rings. The topological polar surface area (TPSA) is 98.8 Å². The minimum absolute atomic E-state index is 0.0287. The maximum absolute atomic E-state index is 12.3. The number of amides is 2. The highest BCUT2D eigenvalue weighted by Crippen LogP contribution is 2.35. The molecule has 2 amide bonds. The molecule has 0 spiro atoms. The van der Waals surface area contributed by atoms with E-state index < -0.39 is 5.54 Å². The van der Waals surface area contributed by atoms with E-state index >= 15 is 0 Å². The van der Waals surface area contributed by atoms with Gasteiger partial charge in [-0.2, -0.15) is 0 Å². The van der Waals surface area contributed by atoms with Crippen molar-refractivity contribution in [1.29, 1.82) is 0 Å². The van der Waals surface area contributed by atoms with Crippen LogP contribution in [0.2, 0.25) is 0 Å². The Morgan fingerprint density at radius 1 is 1.27 bits per heavy atom. The van der Waals surface area contributed by atoms with Crippen LogP contribution in [0, 0.1) is 0 Å². The fourth-order valence-electron chi connectivity index (χ4n) is 3.86. The molecule has 0 radical (unpaired) electrons. The first-order valence-electron chi connectivity index (χ1n) is 10.1. The molecule has 4 rings (SSSR count). The van der Waals surface area contributed by atoms with Gasteiger partial charge in [0.1, 0.15) is 12.4 Å². The summed E-state index contributed by atoms with van der Waals surface area (Å²) in [5.41, 5.74) is 0.626. The molecule has 0 bridgehead atoms. The second kappa shape index (κ2) is 9.02. The molecule has 3 heterocycles. The van der Waals surface area contributed by atoms with Gasteiger partial charge in [-0.25, -0.2) is 0 Å². The van der Waals surface area contributed by atoms with Crippen LogP contribution in [0.5, 0.6) is 17.2 Å². The summed E-state index contributed by atoms with van der Waals surface area (Å²) in [6.07, 6.45) is 6.04. The van der Waals surface area contributed by atoms with Crippen LogP contribution in [0.4, 0.5) is 0 Å². The van der Waals surface area contributed by atoms with Gasteiger partial charge in [0.15, 0.2) is 11.5 Å². The van der Waals surface area contributed by atoms with Crippen LogP contribution in [0.3, 0.4) is 0 Å². The van der Waals surface area contributed by atoms with Crippen LogP contribution in [0.15, 0.2) is 42.7 Å². The number of pyridine rings is 1. The first-order chi connectivity index (χ1) is 14.6. The molecule has 1 aromatic heterocycles. The number of carbonyl (C=O) groups is 2. The summed E-state index contributed by atoms with van der Waals surface area (Å²) in [6, 6.07) is 9.43. The Morgan fingerprint density at radius 3 is 2.97 bits per heavy atom. The molecule has 30 heavy (non-hydrogen) atoms. The van der Waals surface area contributed by atoms with E-state index in [1.54, 1.807) is 18.5 Å². The summed E-state index contributed by atoms with van der Waals surface area (Å²) in [5.74, 6) is 2.09. The lowest BCUT2D eigenvalue weighted by molar-refractivity contribution is -0.122. The van der Waals surface area contributed by atoms with E-state index in [4.69, 9.17) is 14.2 Å². The van der Waals surface area contributed by atoms with Gasteiger partial charge in [-0.1, -0.05) is 6.07 Å². The summed E-state index contributed by atoms with van der Waals surface area (Å²) in [6.45, 7) is 1.01. The van der Waals surface area contributed by atoms with E-state index in [-0.39, 0.29) is 18.6 Å². The maximum atomic E-state index is 12.3. The normalized spacial score (nSPS) is 19.4. The maximum Gasteiger partial charge on any atom is 0.231 e. The van der Waals surface area contributed by atoms with Gasteiger partial charge in [0.05, 0.1) is 12.7 Å². The highest BCUT2D eigenvalue weighted by atomic mass is 16.7. The Kier molecular flexibility index (Phi) is 6.02. The molecule has 2 aliphatic heterocycles. The van der Waals surface area contributed by atoms with Gasteiger partial charge in [-0.15, -0.1) is 0 Å². The quantitative estimate of drug-likeness (QED) is 0.612. The lowest BCUT2D eigenvalue weighted by atomic mass is 9.85. The molecule has 2 N–H and O–H groups in total. The van der Waals surface area contributed by atoms with Crippen LogP contribution < -0.4 is 24.8 Å². The van der Waals surface area contributed by atoms with Crippen molar-refractivity contribution < 1.29 is 23.8 Å². The Hall–Kier alpha value is -3.29. The van der Waals surface area contributed by atoms with E-state index in [1.807, 2.05) is 24.3 Å². The number of hydrogen-bond acceptors (Lipinski definition) is 6. The zero-order valence-electron chi connectivity index (χ0n) is 16.7. The number of aromatic nitrogens is 1. The Balaban J connectivity index is 1.27. The van der Waals surface area contributed by atoms with Crippen LogP contribution in [0.1, 0.15) is 31.2 Å². The lowest BCUT2D eigenvalue weighted by Crippen LogP contribution is -2.44. The van der Waals surface area contributed by atoms with Crippen molar-refractivity contribution in [3.8, 4) is 17.2 Å². The van der Waals surface area contributed by atoms with Crippen molar-refractivity contribution in [2.75, 3.05) is 19.9 Å². The second-order valence-electron chi connectivity index (χ2n) is 7.58. The third kappa shape index (κ3) is 5.00. The van der Waals surface area contributed by atoms with Gasteiger partial charge < -0.3 is 24.8 Å². The third-order valence-corrected chi connectivity index (χ3v) is 5.37. The molecule has 8 heteroatoms. The number of carbonyl (C=O) groups excluding carboxylic acids is 2. The monoisotopic (exact) mass is 411 g/mol. The number of ether oxygens (including phenoxy) is 3. The smallest absolute Gasteiger partial charge is 0.231 e. The molecule has 0 saturated carbocycles. The molecule has 0 aliphatic carbocycles. The van der Waals surface area contributed by atoms with E-state index in [1.165, 1.54) is 0 Å². The molecular weight excluding hydrogens is 386 g/mol. The molecular formula is C22H25N3O5. The molecule has 2 aromatic rings. The highest BCUT2D eigenvalue weighted by Gasteiger charge is 2.38. The first kappa shape index (κ1) is 20.0. The third-order valence-electron chi connectivity index (χ3n) is 5.37. The van der Waals surface area contributed by atoms with Crippen LogP contribution >= 0.6 is 0 Å². The predicted octanol–water partition coefficient (Wildman–Crippen LogP) is 1.98. The molecule has 8 nitrogen and oxygen atoms in total. The summed E-state index contributed by atoms with van der Waals surface area (Å²) in [5, 5.41) is 5.97. The van der Waals surface area contributed by atoms with Crippen LogP contribution in [0.25, 0.3) is 0 Å². The van der Waals surface area contributed by atoms with Gasteiger partial charge in [-0.05, 0) is 49.1 Å². The first-order valence-corrected chi connectivity index (χ1v) is 10.1.